The summed E-state index contributed by atoms with van der Waals surface area (Å²) in [7, 11) is 0. The molecule has 1 fully saturated rings. The molecule has 0 aromatic carbocycles. The summed E-state index contributed by atoms with van der Waals surface area (Å²) in [5.41, 5.74) is 2.46. The van der Waals surface area contributed by atoms with E-state index in [0.717, 1.165) is 38.8 Å². The van der Waals surface area contributed by atoms with Gasteiger partial charge in [-0.1, -0.05) is 26.2 Å². The van der Waals surface area contributed by atoms with E-state index in [4.69, 9.17) is 0 Å². The first-order chi connectivity index (χ1) is 9.24. The molecule has 0 bridgehead atoms. The predicted octanol–water partition coefficient (Wildman–Crippen LogP) is 2.56. The van der Waals surface area contributed by atoms with Crippen LogP contribution in [0.2, 0.25) is 0 Å². The third-order valence-electron chi connectivity index (χ3n) is 4.15. The molecule has 0 spiro atoms. The van der Waals surface area contributed by atoms with Crippen molar-refractivity contribution in [3.05, 3.63) is 17.5 Å². The van der Waals surface area contributed by atoms with Crippen LogP contribution < -0.4 is 5.32 Å². The topological polar surface area (TPSA) is 50.1 Å². The summed E-state index contributed by atoms with van der Waals surface area (Å²) in [5, 5.41) is 18.2. The Labute approximate surface area is 116 Å². The van der Waals surface area contributed by atoms with E-state index in [0.29, 0.717) is 0 Å². The molecule has 1 aliphatic rings. The molecule has 1 saturated carbocycles. The zero-order valence-electron chi connectivity index (χ0n) is 12.2. The third-order valence-corrected chi connectivity index (χ3v) is 4.15. The van der Waals surface area contributed by atoms with Gasteiger partial charge in [0, 0.05) is 17.8 Å². The first-order valence-electron chi connectivity index (χ1n) is 7.65. The van der Waals surface area contributed by atoms with E-state index in [-0.39, 0.29) is 12.1 Å². The molecule has 1 aromatic heterocycles. The quantitative estimate of drug-likeness (QED) is 0.635. The number of aliphatic hydroxyl groups is 1. The Bertz CT molecular complexity index is 389. The minimum Gasteiger partial charge on any atom is -0.391 e. The van der Waals surface area contributed by atoms with Gasteiger partial charge < -0.3 is 10.4 Å². The van der Waals surface area contributed by atoms with Gasteiger partial charge in [0.05, 0.1) is 18.3 Å². The van der Waals surface area contributed by atoms with Gasteiger partial charge >= 0.3 is 0 Å². The lowest BCUT2D eigenvalue weighted by molar-refractivity contribution is 0.0979. The van der Waals surface area contributed by atoms with Gasteiger partial charge in [-0.25, -0.2) is 0 Å². The Kier molecular flexibility index (Phi) is 5.40. The van der Waals surface area contributed by atoms with Crippen LogP contribution in [-0.4, -0.2) is 27.5 Å². The molecule has 108 valence electrons. The van der Waals surface area contributed by atoms with Crippen molar-refractivity contribution < 1.29 is 5.11 Å². The van der Waals surface area contributed by atoms with Crippen LogP contribution in [0.1, 0.15) is 62.7 Å². The number of hydrogen-bond donors (Lipinski definition) is 2. The van der Waals surface area contributed by atoms with Crippen LogP contribution in [0.15, 0.2) is 6.20 Å². The van der Waals surface area contributed by atoms with Crippen molar-refractivity contribution in [2.45, 2.75) is 71.1 Å². The van der Waals surface area contributed by atoms with Crippen molar-refractivity contribution in [3.63, 3.8) is 0 Å². The molecule has 1 aromatic rings. The average molecular weight is 265 g/mol. The van der Waals surface area contributed by atoms with Crippen LogP contribution in [0, 0.1) is 6.92 Å². The van der Waals surface area contributed by atoms with Crippen molar-refractivity contribution in [1.29, 1.82) is 0 Å². The van der Waals surface area contributed by atoms with Gasteiger partial charge in [0.15, 0.2) is 0 Å². The SMILES string of the molecule is CCCNCc1cnn(C2CCCCCC2O)c1C. The number of nitrogens with zero attached hydrogens (tertiary/aromatic N) is 2. The van der Waals surface area contributed by atoms with Crippen molar-refractivity contribution in [2.24, 2.45) is 0 Å². The van der Waals surface area contributed by atoms with Crippen molar-refractivity contribution in [1.82, 2.24) is 15.1 Å². The molecule has 0 aliphatic heterocycles. The molecule has 0 amide bonds. The van der Waals surface area contributed by atoms with Crippen molar-refractivity contribution in [2.75, 3.05) is 6.54 Å². The average Bonchev–Trinajstić information content (AvgIpc) is 2.62. The molecule has 0 radical (unpaired) electrons. The van der Waals surface area contributed by atoms with Crippen molar-refractivity contribution >= 4 is 0 Å². The summed E-state index contributed by atoms with van der Waals surface area (Å²) in [4.78, 5) is 0. The van der Waals surface area contributed by atoms with Gasteiger partial charge in [-0.05, 0) is 32.7 Å². The minimum absolute atomic E-state index is 0.169. The largest absolute Gasteiger partial charge is 0.391 e. The smallest absolute Gasteiger partial charge is 0.0781 e. The molecule has 19 heavy (non-hydrogen) atoms. The maximum absolute atomic E-state index is 10.3. The van der Waals surface area contributed by atoms with Gasteiger partial charge in [-0.3, -0.25) is 4.68 Å². The lowest BCUT2D eigenvalue weighted by Gasteiger charge is -2.22. The summed E-state index contributed by atoms with van der Waals surface area (Å²) < 4.78 is 2.05. The summed E-state index contributed by atoms with van der Waals surface area (Å²) in [6.07, 6.45) is 8.40. The van der Waals surface area contributed by atoms with Crippen LogP contribution in [-0.2, 0) is 6.54 Å². The highest BCUT2D eigenvalue weighted by molar-refractivity contribution is 5.16. The maximum Gasteiger partial charge on any atom is 0.0781 e. The maximum atomic E-state index is 10.3. The van der Waals surface area contributed by atoms with Crippen LogP contribution >= 0.6 is 0 Å². The van der Waals surface area contributed by atoms with Gasteiger partial charge in [-0.15, -0.1) is 0 Å². The molecule has 1 heterocycles. The fraction of sp³-hybridized carbons (Fsp3) is 0.800. The monoisotopic (exact) mass is 265 g/mol. The minimum atomic E-state index is -0.238. The van der Waals surface area contributed by atoms with Crippen LogP contribution in [0.4, 0.5) is 0 Å². The zero-order chi connectivity index (χ0) is 13.7. The van der Waals surface area contributed by atoms with Crippen molar-refractivity contribution in [3.8, 4) is 0 Å². The lowest BCUT2D eigenvalue weighted by atomic mass is 10.1. The number of nitrogens with one attached hydrogen (secondary N) is 1. The molecule has 2 N–H and O–H groups in total. The Morgan fingerprint density at radius 1 is 1.37 bits per heavy atom. The van der Waals surface area contributed by atoms with E-state index < -0.39 is 0 Å². The predicted molar refractivity (Wildman–Crippen MR) is 77.1 cm³/mol. The molecule has 1 aliphatic carbocycles. The summed E-state index contributed by atoms with van der Waals surface area (Å²) in [6.45, 7) is 6.21. The Balaban J connectivity index is 2.06. The van der Waals surface area contributed by atoms with Crippen LogP contribution in [0.3, 0.4) is 0 Å². The van der Waals surface area contributed by atoms with Crippen LogP contribution in [0.5, 0.6) is 0 Å². The fourth-order valence-electron chi connectivity index (χ4n) is 2.92. The zero-order valence-corrected chi connectivity index (χ0v) is 12.2. The molecule has 2 atom stereocenters. The fourth-order valence-corrected chi connectivity index (χ4v) is 2.92. The number of hydrogen-bond acceptors (Lipinski definition) is 3. The van der Waals surface area contributed by atoms with Gasteiger partial charge in [0.2, 0.25) is 0 Å². The summed E-state index contributed by atoms with van der Waals surface area (Å²) in [5.74, 6) is 0. The number of rotatable bonds is 5. The van der Waals surface area contributed by atoms with E-state index in [2.05, 4.69) is 28.9 Å². The first-order valence-corrected chi connectivity index (χ1v) is 7.65. The highest BCUT2D eigenvalue weighted by atomic mass is 16.3. The number of aliphatic hydroxyl groups excluding tert-OH is 1. The van der Waals surface area contributed by atoms with E-state index >= 15 is 0 Å². The Morgan fingerprint density at radius 2 is 2.16 bits per heavy atom. The van der Waals surface area contributed by atoms with E-state index in [1.165, 1.54) is 24.1 Å². The van der Waals surface area contributed by atoms with Gasteiger partial charge in [0.1, 0.15) is 0 Å². The Morgan fingerprint density at radius 3 is 2.95 bits per heavy atom. The van der Waals surface area contributed by atoms with E-state index in [9.17, 15) is 5.11 Å². The lowest BCUT2D eigenvalue weighted by Crippen LogP contribution is -2.25. The normalized spacial score (nSPS) is 24.4. The standard InChI is InChI=1S/C15H27N3O/c1-3-9-16-10-13-11-17-18(12(13)2)14-7-5-4-6-8-15(14)19/h11,14-16,19H,3-10H2,1-2H3. The molecule has 2 unspecified atom stereocenters. The highest BCUT2D eigenvalue weighted by Crippen LogP contribution is 2.28. The number of aromatic nitrogens is 2. The molecular formula is C15H27N3O. The second kappa shape index (κ2) is 7.06. The first kappa shape index (κ1) is 14.5. The van der Waals surface area contributed by atoms with Crippen LogP contribution in [0.25, 0.3) is 0 Å². The summed E-state index contributed by atoms with van der Waals surface area (Å²) >= 11 is 0. The second-order valence-electron chi connectivity index (χ2n) is 5.65. The van der Waals surface area contributed by atoms with E-state index in [1.807, 2.05) is 6.20 Å². The molecular weight excluding hydrogens is 238 g/mol. The molecule has 2 rings (SSSR count). The summed E-state index contributed by atoms with van der Waals surface area (Å²) in [6, 6.07) is 0.169. The van der Waals surface area contributed by atoms with Gasteiger partial charge in [0.25, 0.3) is 0 Å². The van der Waals surface area contributed by atoms with Gasteiger partial charge in [-0.2, -0.15) is 5.10 Å². The third kappa shape index (κ3) is 3.57. The second-order valence-corrected chi connectivity index (χ2v) is 5.65. The van der Waals surface area contributed by atoms with E-state index in [1.54, 1.807) is 0 Å². The molecule has 4 nitrogen and oxygen atoms in total. The highest BCUT2D eigenvalue weighted by Gasteiger charge is 2.25. The Hall–Kier alpha value is -0.870. The molecule has 0 saturated heterocycles. The molecule has 4 heteroatoms.